The van der Waals surface area contributed by atoms with E-state index in [1.165, 1.54) is 6.42 Å². The van der Waals surface area contributed by atoms with Crippen molar-refractivity contribution in [3.8, 4) is 0 Å². The van der Waals surface area contributed by atoms with E-state index >= 15 is 0 Å². The summed E-state index contributed by atoms with van der Waals surface area (Å²) in [5.41, 5.74) is 1.00. The summed E-state index contributed by atoms with van der Waals surface area (Å²) in [4.78, 5) is 15.0. The van der Waals surface area contributed by atoms with E-state index in [-0.39, 0.29) is 0 Å². The van der Waals surface area contributed by atoms with Crippen molar-refractivity contribution in [1.29, 1.82) is 0 Å². The smallest absolute Gasteiger partial charge is 0.341 e. The van der Waals surface area contributed by atoms with E-state index in [0.717, 1.165) is 0 Å². The fraction of sp³-hybridized carbons (Fsp3) is 0.462. The van der Waals surface area contributed by atoms with Crippen LogP contribution in [0, 0.1) is 0 Å². The number of carbonyl (C=O) groups is 1. The molecule has 0 radical (unpaired) electrons. The van der Waals surface area contributed by atoms with Crippen molar-refractivity contribution >= 4 is 5.97 Å². The Labute approximate surface area is 102 Å². The second-order valence-electron chi connectivity index (χ2n) is 3.14. The van der Waals surface area contributed by atoms with Gasteiger partial charge in [-0.1, -0.05) is 52.3 Å². The molecule has 1 unspecified atom stereocenters. The molecule has 0 amide bonds. The lowest BCUT2D eigenvalue weighted by Gasteiger charge is -2.03. The molecule has 0 spiro atoms. The van der Waals surface area contributed by atoms with E-state index < -0.39 is 12.3 Å². The van der Waals surface area contributed by atoms with Crippen LogP contribution >= 0.6 is 0 Å². The molecule has 0 fully saturated rings. The number of hydrogen-bond donors (Lipinski definition) is 1. The number of carbonyl (C=O) groups excluding carboxylic acids is 1. The SMILES string of the molecule is CC.CCC.O=C1OC(OO)c2ccccc21. The summed E-state index contributed by atoms with van der Waals surface area (Å²) >= 11 is 0. The first kappa shape index (κ1) is 15.6. The zero-order valence-corrected chi connectivity index (χ0v) is 10.8. The van der Waals surface area contributed by atoms with E-state index in [1.807, 2.05) is 13.8 Å². The highest BCUT2D eigenvalue weighted by Gasteiger charge is 2.31. The third-order valence-electron chi connectivity index (χ3n) is 1.74. The van der Waals surface area contributed by atoms with E-state index in [2.05, 4.69) is 23.5 Å². The molecule has 17 heavy (non-hydrogen) atoms. The normalized spacial score (nSPS) is 15.8. The summed E-state index contributed by atoms with van der Waals surface area (Å²) in [5, 5.41) is 8.35. The second kappa shape index (κ2) is 8.73. The Morgan fingerprint density at radius 3 is 2.35 bits per heavy atom. The van der Waals surface area contributed by atoms with Crippen molar-refractivity contribution in [1.82, 2.24) is 0 Å². The van der Waals surface area contributed by atoms with Gasteiger partial charge in [-0.25, -0.2) is 10.1 Å². The first-order valence-corrected chi connectivity index (χ1v) is 5.84. The van der Waals surface area contributed by atoms with Crippen LogP contribution in [0.25, 0.3) is 0 Å². The van der Waals surface area contributed by atoms with Gasteiger partial charge in [0.15, 0.2) is 0 Å². The quantitative estimate of drug-likeness (QED) is 0.461. The number of esters is 1. The van der Waals surface area contributed by atoms with Crippen LogP contribution in [-0.2, 0) is 9.62 Å². The fourth-order valence-electron chi connectivity index (χ4n) is 1.19. The van der Waals surface area contributed by atoms with Crippen LogP contribution in [0.3, 0.4) is 0 Å². The zero-order valence-electron chi connectivity index (χ0n) is 10.8. The highest BCUT2D eigenvalue weighted by molar-refractivity contribution is 5.93. The molecule has 1 N–H and O–H groups in total. The summed E-state index contributed by atoms with van der Waals surface area (Å²) in [7, 11) is 0. The summed E-state index contributed by atoms with van der Waals surface area (Å²) < 4.78 is 4.67. The van der Waals surface area contributed by atoms with E-state index in [4.69, 9.17) is 5.26 Å². The van der Waals surface area contributed by atoms with Crippen molar-refractivity contribution in [2.45, 2.75) is 40.4 Å². The summed E-state index contributed by atoms with van der Waals surface area (Å²) in [6.45, 7) is 8.25. The Kier molecular flexibility index (Phi) is 8.01. The number of cyclic esters (lactones) is 1. The van der Waals surface area contributed by atoms with Gasteiger partial charge in [0.2, 0.25) is 0 Å². The molecule has 0 saturated heterocycles. The van der Waals surface area contributed by atoms with Gasteiger partial charge in [0.25, 0.3) is 6.29 Å². The fourth-order valence-corrected chi connectivity index (χ4v) is 1.19. The third-order valence-corrected chi connectivity index (χ3v) is 1.74. The Bertz CT molecular complexity index is 336. The number of fused-ring (bicyclic) bond motifs is 1. The molecule has 1 atom stereocenters. The van der Waals surface area contributed by atoms with Crippen molar-refractivity contribution in [3.05, 3.63) is 35.4 Å². The lowest BCUT2D eigenvalue weighted by molar-refractivity contribution is -0.333. The summed E-state index contributed by atoms with van der Waals surface area (Å²) in [5.74, 6) is -0.468. The predicted octanol–water partition coefficient (Wildman–Crippen LogP) is 3.79. The number of hydrogen-bond acceptors (Lipinski definition) is 4. The number of benzene rings is 1. The molecule has 0 saturated carbocycles. The molecule has 4 heteroatoms. The van der Waals surface area contributed by atoms with Crippen LogP contribution < -0.4 is 0 Å². The minimum atomic E-state index is -0.964. The largest absolute Gasteiger partial charge is 0.425 e. The average molecular weight is 240 g/mol. The maximum atomic E-state index is 11.0. The Balaban J connectivity index is 0.000000450. The van der Waals surface area contributed by atoms with Gasteiger partial charge >= 0.3 is 5.97 Å². The van der Waals surface area contributed by atoms with E-state index in [1.54, 1.807) is 24.3 Å². The van der Waals surface area contributed by atoms with Crippen LogP contribution in [0.4, 0.5) is 0 Å². The van der Waals surface area contributed by atoms with Crippen molar-refractivity contribution in [3.63, 3.8) is 0 Å². The second-order valence-corrected chi connectivity index (χ2v) is 3.14. The number of ether oxygens (including phenoxy) is 1. The number of rotatable bonds is 1. The first-order valence-electron chi connectivity index (χ1n) is 5.84. The van der Waals surface area contributed by atoms with Gasteiger partial charge in [-0.2, -0.15) is 4.89 Å². The first-order chi connectivity index (χ1) is 8.24. The van der Waals surface area contributed by atoms with Gasteiger partial charge in [-0.15, -0.1) is 0 Å². The molecule has 0 bridgehead atoms. The molecule has 1 aromatic rings. The lowest BCUT2D eigenvalue weighted by Crippen LogP contribution is -2.00. The monoisotopic (exact) mass is 240 g/mol. The van der Waals surface area contributed by atoms with E-state index in [9.17, 15) is 4.79 Å². The Hall–Kier alpha value is -1.39. The topological polar surface area (TPSA) is 55.8 Å². The van der Waals surface area contributed by atoms with Crippen molar-refractivity contribution < 1.29 is 19.7 Å². The van der Waals surface area contributed by atoms with Gasteiger partial charge in [-0.05, 0) is 6.07 Å². The lowest BCUT2D eigenvalue weighted by atomic mass is 10.1. The highest BCUT2D eigenvalue weighted by atomic mass is 17.1. The molecule has 0 aromatic heterocycles. The molecule has 4 nitrogen and oxygen atoms in total. The van der Waals surface area contributed by atoms with Crippen LogP contribution in [0.5, 0.6) is 0 Å². The highest BCUT2D eigenvalue weighted by Crippen LogP contribution is 2.29. The van der Waals surface area contributed by atoms with Gasteiger partial charge < -0.3 is 4.74 Å². The molecule has 1 aromatic carbocycles. The van der Waals surface area contributed by atoms with Crippen molar-refractivity contribution in [2.24, 2.45) is 0 Å². The van der Waals surface area contributed by atoms with Crippen molar-refractivity contribution in [2.75, 3.05) is 0 Å². The van der Waals surface area contributed by atoms with Crippen LogP contribution in [0.15, 0.2) is 24.3 Å². The molecular weight excluding hydrogens is 220 g/mol. The Morgan fingerprint density at radius 2 is 1.82 bits per heavy atom. The molecule has 2 rings (SSSR count). The zero-order chi connectivity index (χ0) is 13.3. The van der Waals surface area contributed by atoms with E-state index in [0.29, 0.717) is 11.1 Å². The summed E-state index contributed by atoms with van der Waals surface area (Å²) in [6.07, 6.45) is 0.286. The molecule has 1 aliphatic rings. The van der Waals surface area contributed by atoms with Crippen LogP contribution in [-0.4, -0.2) is 11.2 Å². The molecular formula is C13H20O4. The van der Waals surface area contributed by atoms with Crippen LogP contribution in [0.2, 0.25) is 0 Å². The maximum Gasteiger partial charge on any atom is 0.341 e. The molecule has 1 aliphatic heterocycles. The standard InChI is InChI=1S/C8H6O4.C3H8.C2H6/c9-7-5-3-1-2-4-6(5)8(11-7)12-10;1-3-2;1-2/h1-4,8,10H;3H2,1-2H3;1-2H3. The minimum Gasteiger partial charge on any atom is -0.425 e. The van der Waals surface area contributed by atoms with Gasteiger partial charge in [0.05, 0.1) is 5.56 Å². The molecule has 96 valence electrons. The molecule has 1 heterocycles. The maximum absolute atomic E-state index is 11.0. The minimum absolute atomic E-state index is 0.441. The average Bonchev–Trinajstić information content (AvgIpc) is 2.70. The Morgan fingerprint density at radius 1 is 1.29 bits per heavy atom. The van der Waals surface area contributed by atoms with Gasteiger partial charge in [-0.3, -0.25) is 0 Å². The molecule has 0 aliphatic carbocycles. The van der Waals surface area contributed by atoms with Gasteiger partial charge in [0, 0.05) is 5.56 Å². The van der Waals surface area contributed by atoms with Crippen LogP contribution in [0.1, 0.15) is 56.3 Å². The van der Waals surface area contributed by atoms with Gasteiger partial charge in [0.1, 0.15) is 0 Å². The summed E-state index contributed by atoms with van der Waals surface area (Å²) in [6, 6.07) is 6.75. The predicted molar refractivity (Wildman–Crippen MR) is 65.6 cm³/mol. The third kappa shape index (κ3) is 4.17.